The molecule has 1 fully saturated rings. The molecule has 1 atom stereocenters. The Bertz CT molecular complexity index is 950. The van der Waals surface area contributed by atoms with Crippen molar-refractivity contribution in [2.75, 3.05) is 13.1 Å². The van der Waals surface area contributed by atoms with Gasteiger partial charge in [-0.1, -0.05) is 0 Å². The number of carbonyl (C=O) groups is 1. The van der Waals surface area contributed by atoms with Crippen molar-refractivity contribution in [1.29, 1.82) is 0 Å². The Morgan fingerprint density at radius 2 is 2.32 bits per heavy atom. The number of thiophene rings is 1. The number of likely N-dealkylation sites (tertiary alicyclic amines) is 1. The molecule has 1 aliphatic heterocycles. The predicted octanol–water partition coefficient (Wildman–Crippen LogP) is 2.16. The van der Waals surface area contributed by atoms with Gasteiger partial charge >= 0.3 is 5.69 Å². The van der Waals surface area contributed by atoms with E-state index in [0.29, 0.717) is 18.8 Å². The average Bonchev–Trinajstić information content (AvgIpc) is 3.29. The number of hydrogen-bond acceptors (Lipinski definition) is 4. The predicted molar refractivity (Wildman–Crippen MR) is 97.2 cm³/mol. The van der Waals surface area contributed by atoms with Gasteiger partial charge in [-0.2, -0.15) is 5.10 Å². The lowest BCUT2D eigenvalue weighted by molar-refractivity contribution is 0.0698. The van der Waals surface area contributed by atoms with Gasteiger partial charge in [-0.3, -0.25) is 9.36 Å². The van der Waals surface area contributed by atoms with E-state index in [-0.39, 0.29) is 17.5 Å². The molecule has 25 heavy (non-hydrogen) atoms. The Morgan fingerprint density at radius 3 is 3.08 bits per heavy atom. The first-order valence-corrected chi connectivity index (χ1v) is 9.45. The smallest absolute Gasteiger partial charge is 0.345 e. The molecule has 3 aromatic rings. The number of amides is 1. The standard InChI is InChI=1S/C17H21N5O2S/c1-3-22-15(19-20(2)17(22)24)11-5-4-7-21(10-11)16(23)13-9-14-12(18-13)6-8-25-14/h6,8-9,11,18H,3-5,7,10H2,1-2H3/t11-/m0/s1. The number of H-pyrrole nitrogens is 1. The fourth-order valence-corrected chi connectivity index (χ4v) is 4.41. The number of carbonyl (C=O) groups excluding carboxylic acids is 1. The molecule has 3 aromatic heterocycles. The van der Waals surface area contributed by atoms with E-state index >= 15 is 0 Å². The minimum Gasteiger partial charge on any atom is -0.350 e. The molecule has 1 amide bonds. The summed E-state index contributed by atoms with van der Waals surface area (Å²) in [4.78, 5) is 30.1. The normalized spacial score (nSPS) is 18.2. The number of hydrogen-bond donors (Lipinski definition) is 1. The largest absolute Gasteiger partial charge is 0.350 e. The lowest BCUT2D eigenvalue weighted by Gasteiger charge is -2.32. The van der Waals surface area contributed by atoms with Crippen molar-refractivity contribution in [1.82, 2.24) is 24.2 Å². The lowest BCUT2D eigenvalue weighted by Crippen LogP contribution is -2.40. The molecule has 7 nitrogen and oxygen atoms in total. The fourth-order valence-electron chi connectivity index (χ4n) is 3.63. The van der Waals surface area contributed by atoms with Gasteiger partial charge in [-0.25, -0.2) is 9.48 Å². The molecule has 0 spiro atoms. The number of nitrogens with one attached hydrogen (secondary N) is 1. The second kappa shape index (κ2) is 6.18. The maximum atomic E-state index is 12.9. The number of aromatic nitrogens is 4. The van der Waals surface area contributed by atoms with Crippen LogP contribution in [-0.2, 0) is 13.6 Å². The van der Waals surface area contributed by atoms with Crippen molar-refractivity contribution in [3.8, 4) is 0 Å². The molecule has 1 N–H and O–H groups in total. The van der Waals surface area contributed by atoms with Crippen LogP contribution in [0.4, 0.5) is 0 Å². The zero-order chi connectivity index (χ0) is 17.6. The van der Waals surface area contributed by atoms with Crippen molar-refractivity contribution in [3.63, 3.8) is 0 Å². The Hall–Kier alpha value is -2.35. The third-order valence-corrected chi connectivity index (χ3v) is 5.76. The van der Waals surface area contributed by atoms with E-state index in [0.717, 1.165) is 35.4 Å². The molecule has 4 heterocycles. The first-order chi connectivity index (χ1) is 12.1. The number of aromatic amines is 1. The fraction of sp³-hybridized carbons (Fsp3) is 0.471. The number of piperidine rings is 1. The van der Waals surface area contributed by atoms with Gasteiger partial charge in [0.1, 0.15) is 11.5 Å². The molecule has 8 heteroatoms. The number of rotatable bonds is 3. The molecule has 0 aliphatic carbocycles. The molecular weight excluding hydrogens is 338 g/mol. The second-order valence-electron chi connectivity index (χ2n) is 6.48. The van der Waals surface area contributed by atoms with Crippen molar-refractivity contribution < 1.29 is 4.79 Å². The molecule has 1 aliphatic rings. The van der Waals surface area contributed by atoms with Crippen LogP contribution in [0, 0.1) is 0 Å². The van der Waals surface area contributed by atoms with E-state index in [4.69, 9.17) is 0 Å². The zero-order valence-electron chi connectivity index (χ0n) is 14.4. The molecule has 4 rings (SSSR count). The highest BCUT2D eigenvalue weighted by molar-refractivity contribution is 7.17. The van der Waals surface area contributed by atoms with Gasteiger partial charge in [-0.05, 0) is 37.3 Å². The molecule has 0 radical (unpaired) electrons. The molecular formula is C17H21N5O2S. The summed E-state index contributed by atoms with van der Waals surface area (Å²) in [6.45, 7) is 3.89. The van der Waals surface area contributed by atoms with Crippen LogP contribution in [0.3, 0.4) is 0 Å². The highest BCUT2D eigenvalue weighted by Crippen LogP contribution is 2.27. The van der Waals surface area contributed by atoms with Gasteiger partial charge in [0.25, 0.3) is 5.91 Å². The zero-order valence-corrected chi connectivity index (χ0v) is 15.2. The van der Waals surface area contributed by atoms with Crippen LogP contribution in [-0.4, -0.2) is 43.2 Å². The van der Waals surface area contributed by atoms with Gasteiger partial charge in [0.05, 0.1) is 10.2 Å². The van der Waals surface area contributed by atoms with Crippen LogP contribution in [0.15, 0.2) is 22.3 Å². The monoisotopic (exact) mass is 359 g/mol. The highest BCUT2D eigenvalue weighted by atomic mass is 32.1. The van der Waals surface area contributed by atoms with Gasteiger partial charge < -0.3 is 9.88 Å². The molecule has 0 unspecified atom stereocenters. The summed E-state index contributed by atoms with van der Waals surface area (Å²) < 4.78 is 4.20. The average molecular weight is 359 g/mol. The number of fused-ring (bicyclic) bond motifs is 1. The van der Waals surface area contributed by atoms with Gasteiger partial charge in [0, 0.05) is 32.6 Å². The Morgan fingerprint density at radius 1 is 1.48 bits per heavy atom. The van der Waals surface area contributed by atoms with E-state index in [1.165, 1.54) is 4.68 Å². The maximum absolute atomic E-state index is 12.9. The summed E-state index contributed by atoms with van der Waals surface area (Å²) in [5, 5.41) is 6.43. The third-order valence-electron chi connectivity index (χ3n) is 4.90. The summed E-state index contributed by atoms with van der Waals surface area (Å²) in [6.07, 6.45) is 1.86. The third kappa shape index (κ3) is 2.70. The molecule has 132 valence electrons. The number of nitrogens with zero attached hydrogens (tertiary/aromatic N) is 4. The van der Waals surface area contributed by atoms with Gasteiger partial charge in [-0.15, -0.1) is 11.3 Å². The van der Waals surface area contributed by atoms with E-state index in [9.17, 15) is 9.59 Å². The van der Waals surface area contributed by atoms with Gasteiger partial charge in [0.2, 0.25) is 0 Å². The first kappa shape index (κ1) is 16.1. The van der Waals surface area contributed by atoms with Crippen molar-refractivity contribution >= 4 is 27.5 Å². The van der Waals surface area contributed by atoms with Crippen molar-refractivity contribution in [2.24, 2.45) is 7.05 Å². The van der Waals surface area contributed by atoms with Crippen LogP contribution >= 0.6 is 11.3 Å². The van der Waals surface area contributed by atoms with Gasteiger partial charge in [0.15, 0.2) is 0 Å². The second-order valence-corrected chi connectivity index (χ2v) is 7.43. The van der Waals surface area contributed by atoms with Crippen molar-refractivity contribution in [2.45, 2.75) is 32.2 Å². The van der Waals surface area contributed by atoms with Crippen LogP contribution < -0.4 is 5.69 Å². The summed E-state index contributed by atoms with van der Waals surface area (Å²) in [6, 6.07) is 3.91. The van der Waals surface area contributed by atoms with Crippen LogP contribution in [0.1, 0.15) is 42.0 Å². The summed E-state index contributed by atoms with van der Waals surface area (Å²) in [7, 11) is 1.68. The minimum absolute atomic E-state index is 0.0226. The lowest BCUT2D eigenvalue weighted by atomic mass is 9.97. The SMILES string of the molecule is CCn1c([C@H]2CCCN(C(=O)c3cc4sccc4[nH]3)C2)nn(C)c1=O. The maximum Gasteiger partial charge on any atom is 0.345 e. The van der Waals surface area contributed by atoms with Crippen LogP contribution in [0.5, 0.6) is 0 Å². The summed E-state index contributed by atoms with van der Waals surface area (Å²) >= 11 is 1.63. The summed E-state index contributed by atoms with van der Waals surface area (Å²) in [5.41, 5.74) is 1.55. The Kier molecular flexibility index (Phi) is 3.99. The van der Waals surface area contributed by atoms with E-state index in [2.05, 4.69) is 10.1 Å². The topological polar surface area (TPSA) is 75.9 Å². The van der Waals surface area contributed by atoms with E-state index < -0.39 is 0 Å². The Labute approximate surface area is 148 Å². The molecule has 1 saturated heterocycles. The summed E-state index contributed by atoms with van der Waals surface area (Å²) in [5.74, 6) is 0.914. The first-order valence-electron chi connectivity index (χ1n) is 8.57. The minimum atomic E-state index is -0.0921. The van der Waals surface area contributed by atoms with E-state index in [1.54, 1.807) is 23.0 Å². The molecule has 0 saturated carbocycles. The van der Waals surface area contributed by atoms with Crippen LogP contribution in [0.2, 0.25) is 0 Å². The van der Waals surface area contributed by atoms with Crippen LogP contribution in [0.25, 0.3) is 10.2 Å². The molecule has 0 bridgehead atoms. The quantitative estimate of drug-likeness (QED) is 0.779. The number of aryl methyl sites for hydroxylation is 1. The van der Waals surface area contributed by atoms with Crippen molar-refractivity contribution in [3.05, 3.63) is 39.5 Å². The van der Waals surface area contributed by atoms with E-state index in [1.807, 2.05) is 29.3 Å². The molecule has 0 aromatic carbocycles. The highest BCUT2D eigenvalue weighted by Gasteiger charge is 2.30. The Balaban J connectivity index is 1.58.